The molecule has 20 heavy (non-hydrogen) atoms. The van der Waals surface area contributed by atoms with E-state index in [-0.39, 0.29) is 13.2 Å². The van der Waals surface area contributed by atoms with E-state index in [2.05, 4.69) is 0 Å². The normalized spacial score (nSPS) is 11.2. The number of para-hydroxylation sites is 1. The van der Waals surface area contributed by atoms with E-state index in [1.807, 2.05) is 5.32 Å². The highest BCUT2D eigenvalue weighted by atomic mass is 19.4. The van der Waals surface area contributed by atoms with Gasteiger partial charge in [-0.3, -0.25) is 4.79 Å². The SMILES string of the molecule is O=C(CN(CCCO)c1ccccc1)NCC(F)(F)F. The maximum Gasteiger partial charge on any atom is 0.405 e. The third-order valence-electron chi connectivity index (χ3n) is 2.53. The number of hydrogen-bond donors (Lipinski definition) is 2. The summed E-state index contributed by atoms with van der Waals surface area (Å²) in [5, 5.41) is 10.7. The summed E-state index contributed by atoms with van der Waals surface area (Å²) < 4.78 is 36.1. The first kappa shape index (κ1) is 16.3. The molecule has 0 spiro atoms. The molecule has 0 aliphatic heterocycles. The van der Waals surface area contributed by atoms with Gasteiger partial charge < -0.3 is 15.3 Å². The van der Waals surface area contributed by atoms with E-state index in [1.54, 1.807) is 35.2 Å². The van der Waals surface area contributed by atoms with Gasteiger partial charge in [0.15, 0.2) is 0 Å². The topological polar surface area (TPSA) is 52.6 Å². The number of rotatable bonds is 7. The molecule has 0 unspecified atom stereocenters. The van der Waals surface area contributed by atoms with Crippen molar-refractivity contribution in [2.24, 2.45) is 0 Å². The Morgan fingerprint density at radius 1 is 1.25 bits per heavy atom. The molecule has 2 N–H and O–H groups in total. The van der Waals surface area contributed by atoms with E-state index < -0.39 is 18.6 Å². The average Bonchev–Trinajstić information content (AvgIpc) is 2.41. The number of aliphatic hydroxyl groups excluding tert-OH is 1. The molecule has 1 rings (SSSR count). The zero-order chi connectivity index (χ0) is 15.0. The largest absolute Gasteiger partial charge is 0.405 e. The smallest absolute Gasteiger partial charge is 0.396 e. The van der Waals surface area contributed by atoms with Crippen LogP contribution in [0.4, 0.5) is 18.9 Å². The van der Waals surface area contributed by atoms with Crippen molar-refractivity contribution in [3.63, 3.8) is 0 Å². The number of alkyl halides is 3. The Hall–Kier alpha value is -1.76. The van der Waals surface area contributed by atoms with Crippen LogP contribution >= 0.6 is 0 Å². The summed E-state index contributed by atoms with van der Waals surface area (Å²) in [6, 6.07) is 8.87. The maximum absolute atomic E-state index is 12.0. The van der Waals surface area contributed by atoms with Crippen LogP contribution < -0.4 is 10.2 Å². The number of carbonyl (C=O) groups is 1. The van der Waals surface area contributed by atoms with E-state index in [0.717, 1.165) is 5.69 Å². The Kier molecular flexibility index (Phi) is 6.30. The highest BCUT2D eigenvalue weighted by molar-refractivity contribution is 5.81. The molecule has 0 aromatic heterocycles. The first-order chi connectivity index (χ1) is 9.42. The molecule has 4 nitrogen and oxygen atoms in total. The summed E-state index contributed by atoms with van der Waals surface area (Å²) in [5.74, 6) is -0.705. The number of nitrogens with zero attached hydrogens (tertiary/aromatic N) is 1. The lowest BCUT2D eigenvalue weighted by Crippen LogP contribution is -2.41. The number of anilines is 1. The predicted molar refractivity (Wildman–Crippen MR) is 69.4 cm³/mol. The molecular formula is C13H17F3N2O2. The van der Waals surface area contributed by atoms with E-state index in [4.69, 9.17) is 5.11 Å². The fourth-order valence-corrected chi connectivity index (χ4v) is 1.63. The molecule has 0 bridgehead atoms. The van der Waals surface area contributed by atoms with Crippen molar-refractivity contribution in [3.05, 3.63) is 30.3 Å². The van der Waals surface area contributed by atoms with Gasteiger partial charge in [0.25, 0.3) is 0 Å². The van der Waals surface area contributed by atoms with Crippen molar-refractivity contribution in [3.8, 4) is 0 Å². The summed E-state index contributed by atoms with van der Waals surface area (Å²) in [6.07, 6.45) is -3.99. The van der Waals surface area contributed by atoms with Crippen LogP contribution in [0.2, 0.25) is 0 Å². The quantitative estimate of drug-likeness (QED) is 0.801. The maximum atomic E-state index is 12.0. The van der Waals surface area contributed by atoms with Gasteiger partial charge in [-0.15, -0.1) is 0 Å². The molecular weight excluding hydrogens is 273 g/mol. The van der Waals surface area contributed by atoms with E-state index >= 15 is 0 Å². The number of amides is 1. The van der Waals surface area contributed by atoms with Gasteiger partial charge in [-0.05, 0) is 18.6 Å². The molecule has 0 atom stereocenters. The van der Waals surface area contributed by atoms with Crippen molar-refractivity contribution in [1.82, 2.24) is 5.32 Å². The Bertz CT molecular complexity index is 410. The molecule has 0 saturated carbocycles. The van der Waals surface area contributed by atoms with Crippen molar-refractivity contribution in [2.45, 2.75) is 12.6 Å². The summed E-state index contributed by atoms with van der Waals surface area (Å²) in [4.78, 5) is 13.1. The molecule has 0 heterocycles. The number of nitrogens with one attached hydrogen (secondary N) is 1. The lowest BCUT2D eigenvalue weighted by Gasteiger charge is -2.24. The minimum Gasteiger partial charge on any atom is -0.396 e. The van der Waals surface area contributed by atoms with Gasteiger partial charge in [-0.25, -0.2) is 0 Å². The van der Waals surface area contributed by atoms with Gasteiger partial charge in [0.1, 0.15) is 6.54 Å². The summed E-state index contributed by atoms with van der Waals surface area (Å²) in [6.45, 7) is -1.18. The van der Waals surface area contributed by atoms with Gasteiger partial charge >= 0.3 is 6.18 Å². The number of hydrogen-bond acceptors (Lipinski definition) is 3. The van der Waals surface area contributed by atoms with Crippen molar-refractivity contribution in [2.75, 3.05) is 31.1 Å². The molecule has 1 aromatic carbocycles. The lowest BCUT2D eigenvalue weighted by atomic mass is 10.2. The minimum atomic E-state index is -4.42. The van der Waals surface area contributed by atoms with Crippen molar-refractivity contribution in [1.29, 1.82) is 0 Å². The molecule has 0 fully saturated rings. The standard InChI is InChI=1S/C13H17F3N2O2/c14-13(15,16)10-17-12(20)9-18(7-4-8-19)11-5-2-1-3-6-11/h1-3,5-6,19H,4,7-10H2,(H,17,20). The van der Waals surface area contributed by atoms with E-state index in [0.29, 0.717) is 13.0 Å². The van der Waals surface area contributed by atoms with Gasteiger partial charge in [0.05, 0.1) is 6.54 Å². The van der Waals surface area contributed by atoms with Crippen molar-refractivity contribution >= 4 is 11.6 Å². The van der Waals surface area contributed by atoms with Gasteiger partial charge in [-0.1, -0.05) is 18.2 Å². The second kappa shape index (κ2) is 7.74. The minimum absolute atomic E-state index is 0.0481. The Labute approximate surface area is 115 Å². The zero-order valence-electron chi connectivity index (χ0n) is 10.9. The molecule has 7 heteroatoms. The second-order valence-electron chi connectivity index (χ2n) is 4.23. The average molecular weight is 290 g/mol. The molecule has 0 aliphatic carbocycles. The van der Waals surface area contributed by atoms with Gasteiger partial charge in [-0.2, -0.15) is 13.2 Å². The molecule has 0 saturated heterocycles. The van der Waals surface area contributed by atoms with Crippen LogP contribution in [0.25, 0.3) is 0 Å². The Morgan fingerprint density at radius 3 is 2.45 bits per heavy atom. The van der Waals surface area contributed by atoms with Crippen LogP contribution in [-0.2, 0) is 4.79 Å². The monoisotopic (exact) mass is 290 g/mol. The number of aliphatic hydroxyl groups is 1. The second-order valence-corrected chi connectivity index (χ2v) is 4.23. The highest BCUT2D eigenvalue weighted by Crippen LogP contribution is 2.14. The van der Waals surface area contributed by atoms with Gasteiger partial charge in [0.2, 0.25) is 5.91 Å². The van der Waals surface area contributed by atoms with Crippen LogP contribution in [0.1, 0.15) is 6.42 Å². The molecule has 0 aliphatic rings. The van der Waals surface area contributed by atoms with Crippen LogP contribution in [-0.4, -0.2) is 43.4 Å². The zero-order valence-corrected chi connectivity index (χ0v) is 10.9. The molecule has 1 aromatic rings. The van der Waals surface area contributed by atoms with Crippen LogP contribution in [0.5, 0.6) is 0 Å². The van der Waals surface area contributed by atoms with E-state index in [9.17, 15) is 18.0 Å². The molecule has 0 radical (unpaired) electrons. The number of benzene rings is 1. The fourth-order valence-electron chi connectivity index (χ4n) is 1.63. The predicted octanol–water partition coefficient (Wildman–Crippen LogP) is 1.55. The van der Waals surface area contributed by atoms with Gasteiger partial charge in [0, 0.05) is 18.8 Å². The first-order valence-electron chi connectivity index (χ1n) is 6.16. The van der Waals surface area contributed by atoms with Crippen LogP contribution in [0.3, 0.4) is 0 Å². The van der Waals surface area contributed by atoms with Crippen LogP contribution in [0.15, 0.2) is 30.3 Å². The summed E-state index contributed by atoms with van der Waals surface area (Å²) >= 11 is 0. The number of halogens is 3. The fraction of sp³-hybridized carbons (Fsp3) is 0.462. The third-order valence-corrected chi connectivity index (χ3v) is 2.53. The Balaban J connectivity index is 2.59. The Morgan fingerprint density at radius 2 is 1.90 bits per heavy atom. The van der Waals surface area contributed by atoms with Crippen molar-refractivity contribution < 1.29 is 23.1 Å². The van der Waals surface area contributed by atoms with Crippen LogP contribution in [0, 0.1) is 0 Å². The van der Waals surface area contributed by atoms with E-state index in [1.165, 1.54) is 0 Å². The highest BCUT2D eigenvalue weighted by Gasteiger charge is 2.27. The molecule has 112 valence electrons. The first-order valence-corrected chi connectivity index (χ1v) is 6.16. The lowest BCUT2D eigenvalue weighted by molar-refractivity contribution is -0.137. The third kappa shape index (κ3) is 6.42. The number of carbonyl (C=O) groups excluding carboxylic acids is 1. The summed E-state index contributed by atoms with van der Waals surface area (Å²) in [5.41, 5.74) is 0.725. The summed E-state index contributed by atoms with van der Waals surface area (Å²) in [7, 11) is 0. The molecule has 1 amide bonds.